The first kappa shape index (κ1) is 13.3. The molecule has 2 aliphatic rings. The highest BCUT2D eigenvalue weighted by molar-refractivity contribution is 6.67. The zero-order chi connectivity index (χ0) is 12.3. The molecule has 0 saturated heterocycles. The first-order valence-electron chi connectivity index (χ1n) is 7.19. The van der Waals surface area contributed by atoms with E-state index >= 15 is 0 Å². The van der Waals surface area contributed by atoms with Crippen molar-refractivity contribution in [1.29, 1.82) is 0 Å². The Morgan fingerprint density at radius 1 is 1.06 bits per heavy atom. The van der Waals surface area contributed by atoms with Crippen molar-refractivity contribution in [3.8, 4) is 0 Å². The second-order valence-electron chi connectivity index (χ2n) is 5.37. The minimum Gasteiger partial charge on any atom is -0.394 e. The Kier molecular flexibility index (Phi) is 4.45. The molecule has 1 fully saturated rings. The van der Waals surface area contributed by atoms with Crippen LogP contribution in [0.2, 0.25) is 12.1 Å². The highest BCUT2D eigenvalue weighted by atomic mass is 28.4. The summed E-state index contributed by atoms with van der Waals surface area (Å²) in [6.45, 7) is 8.03. The molecular formula is C14H26O2Si. The molecule has 0 N–H and O–H groups in total. The topological polar surface area (TPSA) is 18.5 Å². The van der Waals surface area contributed by atoms with Gasteiger partial charge < -0.3 is 8.85 Å². The Bertz CT molecular complexity index is 271. The molecule has 3 unspecified atom stereocenters. The van der Waals surface area contributed by atoms with E-state index in [9.17, 15) is 0 Å². The average Bonchev–Trinajstić information content (AvgIpc) is 2.91. The minimum absolute atomic E-state index is 0.802. The molecule has 3 atom stereocenters. The van der Waals surface area contributed by atoms with Crippen molar-refractivity contribution in [1.82, 2.24) is 0 Å². The molecule has 2 aliphatic carbocycles. The van der Waals surface area contributed by atoms with Gasteiger partial charge in [-0.25, -0.2) is 0 Å². The smallest absolute Gasteiger partial charge is 0.338 e. The third-order valence-electron chi connectivity index (χ3n) is 4.34. The highest BCUT2D eigenvalue weighted by Crippen LogP contribution is 2.47. The Hall–Kier alpha value is -0.123. The van der Waals surface area contributed by atoms with Gasteiger partial charge in [0.15, 0.2) is 0 Å². The number of hydrogen-bond donors (Lipinski definition) is 0. The predicted octanol–water partition coefficient (Wildman–Crippen LogP) is 3.73. The van der Waals surface area contributed by atoms with Gasteiger partial charge in [-0.1, -0.05) is 19.1 Å². The molecule has 3 heteroatoms. The fourth-order valence-corrected chi connectivity index (χ4v) is 6.90. The van der Waals surface area contributed by atoms with Crippen LogP contribution in [0.5, 0.6) is 0 Å². The molecule has 0 aromatic rings. The lowest BCUT2D eigenvalue weighted by Gasteiger charge is -2.33. The average molecular weight is 254 g/mol. The molecule has 1 saturated carbocycles. The van der Waals surface area contributed by atoms with E-state index < -0.39 is 8.56 Å². The van der Waals surface area contributed by atoms with Crippen LogP contribution < -0.4 is 0 Å². The molecule has 2 rings (SSSR count). The Balaban J connectivity index is 1.99. The summed E-state index contributed by atoms with van der Waals surface area (Å²) in [5.74, 6) is 2.51. The van der Waals surface area contributed by atoms with Crippen LogP contribution in [-0.2, 0) is 8.85 Å². The Labute approximate surface area is 107 Å². The predicted molar refractivity (Wildman–Crippen MR) is 73.1 cm³/mol. The monoisotopic (exact) mass is 254 g/mol. The van der Waals surface area contributed by atoms with Crippen molar-refractivity contribution in [3.63, 3.8) is 0 Å². The maximum absolute atomic E-state index is 6.08. The molecule has 2 bridgehead atoms. The fraction of sp³-hybridized carbons (Fsp3) is 0.857. The van der Waals surface area contributed by atoms with Crippen molar-refractivity contribution >= 4 is 8.56 Å². The van der Waals surface area contributed by atoms with Gasteiger partial charge in [0.2, 0.25) is 0 Å². The van der Waals surface area contributed by atoms with Gasteiger partial charge in [-0.05, 0) is 56.5 Å². The SMILES string of the molecule is CCO[Si](CC)(CC1CC2C=CC1C2)OCC. The summed E-state index contributed by atoms with van der Waals surface area (Å²) in [6.07, 6.45) is 7.61. The molecule has 0 spiro atoms. The molecule has 0 aliphatic heterocycles. The van der Waals surface area contributed by atoms with Crippen LogP contribution in [-0.4, -0.2) is 21.8 Å². The van der Waals surface area contributed by atoms with Crippen LogP contribution in [0, 0.1) is 17.8 Å². The van der Waals surface area contributed by atoms with E-state index in [-0.39, 0.29) is 0 Å². The molecular weight excluding hydrogens is 228 g/mol. The number of allylic oxidation sites excluding steroid dienone is 2. The van der Waals surface area contributed by atoms with Crippen molar-refractivity contribution in [3.05, 3.63) is 12.2 Å². The van der Waals surface area contributed by atoms with Gasteiger partial charge in [-0.2, -0.15) is 0 Å². The molecule has 98 valence electrons. The summed E-state index contributed by atoms with van der Waals surface area (Å²) < 4.78 is 12.2. The lowest BCUT2D eigenvalue weighted by atomic mass is 9.96. The lowest BCUT2D eigenvalue weighted by Crippen LogP contribution is -2.43. The van der Waals surface area contributed by atoms with Crippen molar-refractivity contribution in [2.75, 3.05) is 13.2 Å². The standard InChI is InChI=1S/C14H26O2Si/c1-4-15-17(6-3,16-5-2)11-14-10-12-7-8-13(14)9-12/h7-8,12-14H,4-6,9-11H2,1-3H3. The van der Waals surface area contributed by atoms with Gasteiger partial charge in [0, 0.05) is 13.2 Å². The van der Waals surface area contributed by atoms with E-state index in [1.807, 2.05) is 0 Å². The van der Waals surface area contributed by atoms with Crippen LogP contribution in [0.4, 0.5) is 0 Å². The van der Waals surface area contributed by atoms with Gasteiger partial charge in [0.25, 0.3) is 0 Å². The Morgan fingerprint density at radius 3 is 2.18 bits per heavy atom. The highest BCUT2D eigenvalue weighted by Gasteiger charge is 2.44. The molecule has 0 heterocycles. The van der Waals surface area contributed by atoms with Crippen molar-refractivity contribution in [2.24, 2.45) is 17.8 Å². The normalized spacial score (nSPS) is 31.4. The van der Waals surface area contributed by atoms with Gasteiger partial charge >= 0.3 is 8.56 Å². The van der Waals surface area contributed by atoms with Crippen LogP contribution >= 0.6 is 0 Å². The van der Waals surface area contributed by atoms with E-state index in [2.05, 4.69) is 32.9 Å². The third-order valence-corrected chi connectivity index (χ3v) is 8.20. The van der Waals surface area contributed by atoms with Crippen molar-refractivity contribution < 1.29 is 8.85 Å². The van der Waals surface area contributed by atoms with Gasteiger partial charge in [0.05, 0.1) is 0 Å². The fourth-order valence-electron chi connectivity index (χ4n) is 3.56. The van der Waals surface area contributed by atoms with E-state index in [0.29, 0.717) is 0 Å². The van der Waals surface area contributed by atoms with Gasteiger partial charge in [-0.3, -0.25) is 0 Å². The van der Waals surface area contributed by atoms with Gasteiger partial charge in [-0.15, -0.1) is 0 Å². The number of fused-ring (bicyclic) bond motifs is 2. The van der Waals surface area contributed by atoms with Crippen molar-refractivity contribution in [2.45, 2.75) is 45.7 Å². The summed E-state index contributed by atoms with van der Waals surface area (Å²) in [5, 5.41) is 0. The van der Waals surface area contributed by atoms with E-state index in [1.54, 1.807) is 0 Å². The summed E-state index contributed by atoms with van der Waals surface area (Å²) in [7, 11) is -1.91. The zero-order valence-corrected chi connectivity index (χ0v) is 12.4. The summed E-state index contributed by atoms with van der Waals surface area (Å²) in [4.78, 5) is 0. The second kappa shape index (κ2) is 5.68. The molecule has 0 aromatic carbocycles. The van der Waals surface area contributed by atoms with E-state index in [1.165, 1.54) is 18.9 Å². The minimum atomic E-state index is -1.91. The van der Waals surface area contributed by atoms with Crippen LogP contribution in [0.25, 0.3) is 0 Å². The quantitative estimate of drug-likeness (QED) is 0.509. The maximum atomic E-state index is 6.08. The van der Waals surface area contributed by atoms with Crippen LogP contribution in [0.1, 0.15) is 33.6 Å². The van der Waals surface area contributed by atoms with E-state index in [4.69, 9.17) is 8.85 Å². The summed E-state index contributed by atoms with van der Waals surface area (Å²) in [6, 6.07) is 2.29. The first-order valence-corrected chi connectivity index (χ1v) is 9.42. The third kappa shape index (κ3) is 2.83. The van der Waals surface area contributed by atoms with Crippen LogP contribution in [0.3, 0.4) is 0 Å². The molecule has 0 aromatic heterocycles. The van der Waals surface area contributed by atoms with Crippen LogP contribution in [0.15, 0.2) is 12.2 Å². The number of rotatable bonds is 7. The molecule has 2 nitrogen and oxygen atoms in total. The van der Waals surface area contributed by atoms with Gasteiger partial charge in [0.1, 0.15) is 0 Å². The number of hydrogen-bond acceptors (Lipinski definition) is 2. The largest absolute Gasteiger partial charge is 0.394 e. The molecule has 17 heavy (non-hydrogen) atoms. The Morgan fingerprint density at radius 2 is 1.76 bits per heavy atom. The second-order valence-corrected chi connectivity index (χ2v) is 8.89. The zero-order valence-electron chi connectivity index (χ0n) is 11.4. The maximum Gasteiger partial charge on any atom is 0.338 e. The lowest BCUT2D eigenvalue weighted by molar-refractivity contribution is 0.176. The summed E-state index contributed by atoms with van der Waals surface area (Å²) >= 11 is 0. The molecule has 0 amide bonds. The first-order chi connectivity index (χ1) is 8.23. The van der Waals surface area contributed by atoms with E-state index in [0.717, 1.165) is 37.0 Å². The summed E-state index contributed by atoms with van der Waals surface area (Å²) in [5.41, 5.74) is 0. The molecule has 0 radical (unpaired) electrons.